The molecule has 3 heterocycles. The minimum Gasteiger partial charge on any atom is -0.363 e. The maximum absolute atomic E-state index is 12.3. The van der Waals surface area contributed by atoms with Gasteiger partial charge in [0.15, 0.2) is 0 Å². The van der Waals surface area contributed by atoms with Crippen LogP contribution in [0.4, 0.5) is 0 Å². The van der Waals surface area contributed by atoms with E-state index in [1.807, 2.05) is 30.1 Å². The SMILES string of the molecule is CN1CC2(CCN(C(=O)Cc3ccccn3)CC2)OCC1=O. The van der Waals surface area contributed by atoms with Gasteiger partial charge < -0.3 is 14.5 Å². The zero-order valence-corrected chi connectivity index (χ0v) is 12.8. The van der Waals surface area contributed by atoms with Crippen LogP contribution >= 0.6 is 0 Å². The van der Waals surface area contributed by atoms with Crippen molar-refractivity contribution in [3.8, 4) is 0 Å². The Morgan fingerprint density at radius 1 is 1.36 bits per heavy atom. The fourth-order valence-corrected chi connectivity index (χ4v) is 3.13. The Balaban J connectivity index is 1.55. The number of amides is 2. The van der Waals surface area contributed by atoms with Crippen molar-refractivity contribution in [1.82, 2.24) is 14.8 Å². The van der Waals surface area contributed by atoms with Crippen LogP contribution in [0.2, 0.25) is 0 Å². The van der Waals surface area contributed by atoms with E-state index in [0.29, 0.717) is 26.1 Å². The number of carbonyl (C=O) groups excluding carboxylic acids is 2. The van der Waals surface area contributed by atoms with Gasteiger partial charge in [-0.1, -0.05) is 6.07 Å². The Kier molecular flexibility index (Phi) is 4.11. The quantitative estimate of drug-likeness (QED) is 0.797. The minimum atomic E-state index is -0.273. The molecule has 6 nitrogen and oxygen atoms in total. The molecule has 0 N–H and O–H groups in total. The van der Waals surface area contributed by atoms with Crippen molar-refractivity contribution in [1.29, 1.82) is 0 Å². The summed E-state index contributed by atoms with van der Waals surface area (Å²) in [7, 11) is 1.81. The van der Waals surface area contributed by atoms with Gasteiger partial charge in [0, 0.05) is 38.6 Å². The highest BCUT2D eigenvalue weighted by Crippen LogP contribution is 2.30. The molecule has 0 atom stereocenters. The van der Waals surface area contributed by atoms with Crippen LogP contribution in [-0.2, 0) is 20.7 Å². The first-order valence-electron chi connectivity index (χ1n) is 7.64. The molecule has 0 radical (unpaired) electrons. The molecule has 0 aliphatic carbocycles. The number of pyridine rings is 1. The summed E-state index contributed by atoms with van der Waals surface area (Å²) in [5.74, 6) is 0.132. The molecule has 2 aliphatic heterocycles. The zero-order valence-electron chi connectivity index (χ0n) is 12.8. The van der Waals surface area contributed by atoms with E-state index in [4.69, 9.17) is 4.74 Å². The lowest BCUT2D eigenvalue weighted by Crippen LogP contribution is -2.58. The molecule has 3 rings (SSSR count). The fraction of sp³-hybridized carbons (Fsp3) is 0.562. The second-order valence-corrected chi connectivity index (χ2v) is 6.10. The van der Waals surface area contributed by atoms with Gasteiger partial charge in [-0.15, -0.1) is 0 Å². The highest BCUT2D eigenvalue weighted by atomic mass is 16.5. The number of hydrogen-bond acceptors (Lipinski definition) is 4. The van der Waals surface area contributed by atoms with Gasteiger partial charge in [-0.25, -0.2) is 0 Å². The first-order valence-corrected chi connectivity index (χ1v) is 7.64. The smallest absolute Gasteiger partial charge is 0.248 e. The van der Waals surface area contributed by atoms with Gasteiger partial charge in [0.1, 0.15) is 6.61 Å². The van der Waals surface area contributed by atoms with Gasteiger partial charge in [0.05, 0.1) is 12.0 Å². The summed E-state index contributed by atoms with van der Waals surface area (Å²) in [6.07, 6.45) is 3.60. The molecular formula is C16H21N3O3. The Labute approximate surface area is 130 Å². The standard InChI is InChI=1S/C16H21N3O3/c1-18-12-16(22-11-15(18)21)5-8-19(9-6-16)14(20)10-13-4-2-3-7-17-13/h2-4,7H,5-6,8-12H2,1H3. The zero-order chi connectivity index (χ0) is 15.6. The van der Waals surface area contributed by atoms with Crippen LogP contribution in [0.15, 0.2) is 24.4 Å². The number of likely N-dealkylation sites (tertiary alicyclic amines) is 1. The largest absolute Gasteiger partial charge is 0.363 e. The van der Waals surface area contributed by atoms with Crippen LogP contribution in [-0.4, -0.2) is 65.5 Å². The van der Waals surface area contributed by atoms with Gasteiger partial charge in [-0.3, -0.25) is 14.6 Å². The van der Waals surface area contributed by atoms with Crippen LogP contribution in [0.25, 0.3) is 0 Å². The van der Waals surface area contributed by atoms with Gasteiger partial charge >= 0.3 is 0 Å². The number of rotatable bonds is 2. The normalized spacial score (nSPS) is 21.2. The van der Waals surface area contributed by atoms with E-state index in [0.717, 1.165) is 18.5 Å². The van der Waals surface area contributed by atoms with Crippen LogP contribution in [0.1, 0.15) is 18.5 Å². The van der Waals surface area contributed by atoms with Crippen LogP contribution in [0, 0.1) is 0 Å². The molecule has 118 valence electrons. The Morgan fingerprint density at radius 3 is 2.77 bits per heavy atom. The molecule has 0 saturated carbocycles. The first-order chi connectivity index (χ1) is 10.6. The summed E-state index contributed by atoms with van der Waals surface area (Å²) in [5.41, 5.74) is 0.525. The van der Waals surface area contributed by atoms with Crippen molar-refractivity contribution in [2.24, 2.45) is 0 Å². The molecule has 2 amide bonds. The van der Waals surface area contributed by atoms with Crippen molar-refractivity contribution in [2.45, 2.75) is 24.9 Å². The van der Waals surface area contributed by atoms with E-state index in [2.05, 4.69) is 4.98 Å². The topological polar surface area (TPSA) is 62.7 Å². The fourth-order valence-electron chi connectivity index (χ4n) is 3.13. The number of ether oxygens (including phenoxy) is 1. The van der Waals surface area contributed by atoms with Gasteiger partial charge in [-0.2, -0.15) is 0 Å². The molecule has 0 aromatic carbocycles. The Hall–Kier alpha value is -1.95. The van der Waals surface area contributed by atoms with Gasteiger partial charge in [0.2, 0.25) is 11.8 Å². The number of aromatic nitrogens is 1. The van der Waals surface area contributed by atoms with E-state index < -0.39 is 0 Å². The molecule has 6 heteroatoms. The average molecular weight is 303 g/mol. The third-order valence-electron chi connectivity index (χ3n) is 4.54. The maximum atomic E-state index is 12.3. The first kappa shape index (κ1) is 15.0. The summed E-state index contributed by atoms with van der Waals surface area (Å²) in [4.78, 5) is 31.7. The van der Waals surface area contributed by atoms with Crippen molar-refractivity contribution in [2.75, 3.05) is 33.3 Å². The van der Waals surface area contributed by atoms with Crippen LogP contribution in [0.3, 0.4) is 0 Å². The molecular weight excluding hydrogens is 282 g/mol. The predicted molar refractivity (Wildman–Crippen MR) is 80.1 cm³/mol. The second-order valence-electron chi connectivity index (χ2n) is 6.10. The highest BCUT2D eigenvalue weighted by Gasteiger charge is 2.41. The Morgan fingerprint density at radius 2 is 2.14 bits per heavy atom. The van der Waals surface area contributed by atoms with Crippen molar-refractivity contribution in [3.63, 3.8) is 0 Å². The van der Waals surface area contributed by atoms with E-state index >= 15 is 0 Å². The molecule has 2 saturated heterocycles. The van der Waals surface area contributed by atoms with Crippen molar-refractivity contribution >= 4 is 11.8 Å². The van der Waals surface area contributed by atoms with Gasteiger partial charge in [-0.05, 0) is 25.0 Å². The van der Waals surface area contributed by atoms with Crippen molar-refractivity contribution < 1.29 is 14.3 Å². The lowest BCUT2D eigenvalue weighted by atomic mass is 9.89. The van der Waals surface area contributed by atoms with E-state index in [1.54, 1.807) is 11.1 Å². The number of morpholine rings is 1. The maximum Gasteiger partial charge on any atom is 0.248 e. The Bertz CT molecular complexity index is 553. The van der Waals surface area contributed by atoms with Crippen LogP contribution < -0.4 is 0 Å². The third kappa shape index (κ3) is 3.11. The molecule has 1 spiro atoms. The second kappa shape index (κ2) is 6.04. The van der Waals surface area contributed by atoms with Crippen molar-refractivity contribution in [3.05, 3.63) is 30.1 Å². The molecule has 1 aromatic heterocycles. The summed E-state index contributed by atoms with van der Waals surface area (Å²) < 4.78 is 5.79. The summed E-state index contributed by atoms with van der Waals surface area (Å²) in [6, 6.07) is 5.61. The third-order valence-corrected chi connectivity index (χ3v) is 4.54. The van der Waals surface area contributed by atoms with E-state index in [-0.39, 0.29) is 24.0 Å². The van der Waals surface area contributed by atoms with E-state index in [1.165, 1.54) is 0 Å². The van der Waals surface area contributed by atoms with Crippen LogP contribution in [0.5, 0.6) is 0 Å². The number of likely N-dealkylation sites (N-methyl/N-ethyl adjacent to an activating group) is 1. The minimum absolute atomic E-state index is 0.0271. The lowest BCUT2D eigenvalue weighted by molar-refractivity contribution is -0.170. The van der Waals surface area contributed by atoms with Gasteiger partial charge in [0.25, 0.3) is 0 Å². The molecule has 0 bridgehead atoms. The van der Waals surface area contributed by atoms with E-state index in [9.17, 15) is 9.59 Å². The molecule has 2 fully saturated rings. The number of nitrogens with zero attached hydrogens (tertiary/aromatic N) is 3. The predicted octanol–water partition coefficient (Wildman–Crippen LogP) is 0.474. The monoisotopic (exact) mass is 303 g/mol. The lowest BCUT2D eigenvalue weighted by Gasteiger charge is -2.46. The number of carbonyl (C=O) groups is 2. The molecule has 0 unspecified atom stereocenters. The molecule has 2 aliphatic rings. The highest BCUT2D eigenvalue weighted by molar-refractivity contribution is 5.79. The summed E-state index contributed by atoms with van der Waals surface area (Å²) in [6.45, 7) is 2.12. The number of piperidine rings is 1. The summed E-state index contributed by atoms with van der Waals surface area (Å²) in [5, 5.41) is 0. The number of hydrogen-bond donors (Lipinski definition) is 0. The average Bonchev–Trinajstić information content (AvgIpc) is 2.53. The summed E-state index contributed by atoms with van der Waals surface area (Å²) >= 11 is 0. The molecule has 1 aromatic rings. The molecule has 22 heavy (non-hydrogen) atoms.